The predicted molar refractivity (Wildman–Crippen MR) is 45.6 cm³/mol. The first-order valence-corrected chi connectivity index (χ1v) is 3.82. The number of alkyl halides is 2. The minimum atomic E-state index is -2.98. The van der Waals surface area contributed by atoms with Crippen LogP contribution in [-0.4, -0.2) is 18.0 Å². The molecule has 0 atom stereocenters. The summed E-state index contributed by atoms with van der Waals surface area (Å²) in [6.45, 7) is -2.98. The highest BCUT2D eigenvalue weighted by Gasteiger charge is 2.10. The van der Waals surface area contributed by atoms with Gasteiger partial charge in [-0.1, -0.05) is 11.6 Å². The number of ether oxygens (including phenoxy) is 1. The van der Waals surface area contributed by atoms with E-state index in [1.54, 1.807) is 0 Å². The molecular weight excluding hydrogens is 218 g/mol. The molecule has 1 amide bonds. The third-order valence-electron chi connectivity index (χ3n) is 1.23. The SMILES string of the molecule is O=CNc1cnc(OC(F)F)c(Cl)c1. The summed E-state index contributed by atoms with van der Waals surface area (Å²) in [6, 6.07) is 1.25. The Bertz CT molecular complexity index is 335. The molecular formula is C7H5ClF2N2O2. The molecule has 1 rings (SSSR count). The zero-order valence-electron chi connectivity index (χ0n) is 6.71. The van der Waals surface area contributed by atoms with Crippen LogP contribution < -0.4 is 10.1 Å². The topological polar surface area (TPSA) is 51.2 Å². The van der Waals surface area contributed by atoms with E-state index in [4.69, 9.17) is 11.6 Å². The maximum absolute atomic E-state index is 11.8. The van der Waals surface area contributed by atoms with Gasteiger partial charge in [0.25, 0.3) is 0 Å². The van der Waals surface area contributed by atoms with Crippen molar-refractivity contribution in [1.29, 1.82) is 0 Å². The number of halogens is 3. The van der Waals surface area contributed by atoms with Crippen molar-refractivity contribution in [3.05, 3.63) is 17.3 Å². The molecule has 0 fully saturated rings. The summed E-state index contributed by atoms with van der Waals surface area (Å²) in [5, 5.41) is 2.16. The number of hydrogen-bond donors (Lipinski definition) is 1. The molecule has 0 aliphatic heterocycles. The van der Waals surface area contributed by atoms with Crippen molar-refractivity contribution in [2.24, 2.45) is 0 Å². The van der Waals surface area contributed by atoms with E-state index in [-0.39, 0.29) is 10.9 Å². The van der Waals surface area contributed by atoms with Crippen molar-refractivity contribution < 1.29 is 18.3 Å². The molecule has 0 spiro atoms. The van der Waals surface area contributed by atoms with Gasteiger partial charge in [-0.3, -0.25) is 4.79 Å². The highest BCUT2D eigenvalue weighted by atomic mass is 35.5. The van der Waals surface area contributed by atoms with Crippen molar-refractivity contribution in [3.63, 3.8) is 0 Å². The monoisotopic (exact) mass is 222 g/mol. The Balaban J connectivity index is 2.83. The number of anilines is 1. The quantitative estimate of drug-likeness (QED) is 0.792. The number of rotatable bonds is 4. The third-order valence-corrected chi connectivity index (χ3v) is 1.50. The summed E-state index contributed by atoms with van der Waals surface area (Å²) >= 11 is 5.53. The van der Waals surface area contributed by atoms with Gasteiger partial charge in [0.1, 0.15) is 5.02 Å². The zero-order chi connectivity index (χ0) is 10.6. The van der Waals surface area contributed by atoms with Gasteiger partial charge in [0.15, 0.2) is 0 Å². The molecule has 14 heavy (non-hydrogen) atoms. The van der Waals surface area contributed by atoms with E-state index in [9.17, 15) is 13.6 Å². The molecule has 0 bridgehead atoms. The van der Waals surface area contributed by atoms with Crippen LogP contribution >= 0.6 is 11.6 Å². The summed E-state index contributed by atoms with van der Waals surface area (Å²) in [7, 11) is 0. The van der Waals surface area contributed by atoms with Crippen LogP contribution in [-0.2, 0) is 4.79 Å². The van der Waals surface area contributed by atoms with Gasteiger partial charge in [-0.2, -0.15) is 8.78 Å². The van der Waals surface area contributed by atoms with Crippen LogP contribution in [0.1, 0.15) is 0 Å². The first-order chi connectivity index (χ1) is 6.63. The van der Waals surface area contributed by atoms with Crippen molar-refractivity contribution in [1.82, 2.24) is 4.98 Å². The average Bonchev–Trinajstić information content (AvgIpc) is 2.10. The third kappa shape index (κ3) is 2.81. The Morgan fingerprint density at radius 2 is 2.36 bits per heavy atom. The second kappa shape index (κ2) is 4.71. The Hall–Kier alpha value is -1.43. The van der Waals surface area contributed by atoms with E-state index >= 15 is 0 Å². The number of carbonyl (C=O) groups is 1. The summed E-state index contributed by atoms with van der Waals surface area (Å²) < 4.78 is 27.5. The Kier molecular flexibility index (Phi) is 3.58. The van der Waals surface area contributed by atoms with Gasteiger partial charge >= 0.3 is 6.61 Å². The largest absolute Gasteiger partial charge is 0.415 e. The molecule has 76 valence electrons. The fraction of sp³-hybridized carbons (Fsp3) is 0.143. The van der Waals surface area contributed by atoms with Gasteiger partial charge in [0, 0.05) is 0 Å². The van der Waals surface area contributed by atoms with Crippen molar-refractivity contribution >= 4 is 23.7 Å². The van der Waals surface area contributed by atoms with Gasteiger partial charge in [0.05, 0.1) is 11.9 Å². The van der Waals surface area contributed by atoms with E-state index in [1.165, 1.54) is 6.07 Å². The molecule has 7 heteroatoms. The maximum Gasteiger partial charge on any atom is 0.388 e. The lowest BCUT2D eigenvalue weighted by Gasteiger charge is -2.05. The fourth-order valence-corrected chi connectivity index (χ4v) is 0.954. The van der Waals surface area contributed by atoms with Crippen LogP contribution in [0.4, 0.5) is 14.5 Å². The highest BCUT2D eigenvalue weighted by Crippen LogP contribution is 2.25. The second-order valence-corrected chi connectivity index (χ2v) is 2.56. The standard InChI is InChI=1S/C7H5ClF2N2O2/c8-5-1-4(12-3-13)2-11-6(5)14-7(9)10/h1-3,7H,(H,12,13). The molecule has 1 heterocycles. The Morgan fingerprint density at radius 3 is 2.86 bits per heavy atom. The number of pyridine rings is 1. The Labute approximate surface area is 82.8 Å². The lowest BCUT2D eigenvalue weighted by Crippen LogP contribution is -2.04. The van der Waals surface area contributed by atoms with Crippen LogP contribution in [0.2, 0.25) is 5.02 Å². The summed E-state index contributed by atoms with van der Waals surface area (Å²) in [5.74, 6) is -0.377. The van der Waals surface area contributed by atoms with E-state index < -0.39 is 6.61 Å². The van der Waals surface area contributed by atoms with Crippen molar-refractivity contribution in [2.45, 2.75) is 6.61 Å². The summed E-state index contributed by atoms with van der Waals surface area (Å²) in [4.78, 5) is 13.5. The van der Waals surface area contributed by atoms with E-state index in [0.717, 1.165) is 6.20 Å². The molecule has 0 saturated carbocycles. The first-order valence-electron chi connectivity index (χ1n) is 3.44. The van der Waals surface area contributed by atoms with Crippen LogP contribution in [0, 0.1) is 0 Å². The highest BCUT2D eigenvalue weighted by molar-refractivity contribution is 6.32. The number of aromatic nitrogens is 1. The average molecular weight is 223 g/mol. The molecule has 0 aliphatic rings. The Morgan fingerprint density at radius 1 is 1.64 bits per heavy atom. The second-order valence-electron chi connectivity index (χ2n) is 2.15. The van der Waals surface area contributed by atoms with Gasteiger partial charge in [-0.25, -0.2) is 4.98 Å². The van der Waals surface area contributed by atoms with Crippen LogP contribution in [0.5, 0.6) is 5.88 Å². The molecule has 0 aromatic carbocycles. The smallest absolute Gasteiger partial charge is 0.388 e. The zero-order valence-corrected chi connectivity index (χ0v) is 7.46. The summed E-state index contributed by atoms with van der Waals surface area (Å²) in [6.07, 6.45) is 1.57. The lowest BCUT2D eigenvalue weighted by atomic mass is 10.4. The number of hydrogen-bond acceptors (Lipinski definition) is 3. The number of nitrogens with one attached hydrogen (secondary N) is 1. The maximum atomic E-state index is 11.8. The van der Waals surface area contributed by atoms with Gasteiger partial charge in [0.2, 0.25) is 12.3 Å². The van der Waals surface area contributed by atoms with Gasteiger partial charge in [-0.15, -0.1) is 0 Å². The van der Waals surface area contributed by atoms with E-state index in [0.29, 0.717) is 12.1 Å². The van der Waals surface area contributed by atoms with Gasteiger partial charge in [-0.05, 0) is 6.07 Å². The number of amides is 1. The molecule has 1 aromatic rings. The first kappa shape index (κ1) is 10.6. The van der Waals surface area contributed by atoms with Crippen LogP contribution in [0.3, 0.4) is 0 Å². The van der Waals surface area contributed by atoms with Gasteiger partial charge < -0.3 is 10.1 Å². The normalized spacial score (nSPS) is 10.0. The summed E-state index contributed by atoms with van der Waals surface area (Å²) in [5.41, 5.74) is 0.298. The lowest BCUT2D eigenvalue weighted by molar-refractivity contribution is -0.105. The molecule has 1 aromatic heterocycles. The molecule has 0 radical (unpaired) electrons. The number of nitrogens with zero attached hydrogens (tertiary/aromatic N) is 1. The van der Waals surface area contributed by atoms with E-state index in [1.807, 2.05) is 0 Å². The number of carbonyl (C=O) groups excluding carboxylic acids is 1. The molecule has 0 aliphatic carbocycles. The van der Waals surface area contributed by atoms with Crippen LogP contribution in [0.25, 0.3) is 0 Å². The minimum absolute atomic E-state index is 0.0999. The molecule has 0 unspecified atom stereocenters. The predicted octanol–water partition coefficient (Wildman–Crippen LogP) is 1.90. The van der Waals surface area contributed by atoms with E-state index in [2.05, 4.69) is 15.0 Å². The fourth-order valence-electron chi connectivity index (χ4n) is 0.743. The molecule has 4 nitrogen and oxygen atoms in total. The molecule has 0 saturated heterocycles. The van der Waals surface area contributed by atoms with Crippen LogP contribution in [0.15, 0.2) is 12.3 Å². The molecule has 1 N–H and O–H groups in total. The minimum Gasteiger partial charge on any atom is -0.415 e. The van der Waals surface area contributed by atoms with Crippen molar-refractivity contribution in [3.8, 4) is 5.88 Å². The van der Waals surface area contributed by atoms with Crippen molar-refractivity contribution in [2.75, 3.05) is 5.32 Å².